The molecule has 2 heterocycles. The fourth-order valence-corrected chi connectivity index (χ4v) is 3.78. The monoisotopic (exact) mass is 335 g/mol. The van der Waals surface area contributed by atoms with Crippen LogP contribution in [0, 0.1) is 5.92 Å². The SMILES string of the molecule is CN(Cc1ncc(Cl)n1C)S(=O)(=O)CCC1CCCOC1. The predicted molar refractivity (Wildman–Crippen MR) is 81.6 cm³/mol. The third kappa shape index (κ3) is 4.42. The largest absolute Gasteiger partial charge is 0.381 e. The Bertz CT molecular complexity index is 567. The van der Waals surface area contributed by atoms with Crippen molar-refractivity contribution in [3.8, 4) is 0 Å². The minimum absolute atomic E-state index is 0.148. The molecule has 1 aliphatic heterocycles. The molecule has 1 atom stereocenters. The van der Waals surface area contributed by atoms with E-state index in [4.69, 9.17) is 16.3 Å². The summed E-state index contributed by atoms with van der Waals surface area (Å²) < 4.78 is 33.0. The molecule has 0 radical (unpaired) electrons. The summed E-state index contributed by atoms with van der Waals surface area (Å²) in [5.74, 6) is 1.13. The highest BCUT2D eigenvalue weighted by molar-refractivity contribution is 7.89. The molecule has 0 aromatic carbocycles. The number of hydrogen-bond acceptors (Lipinski definition) is 4. The molecule has 1 aromatic rings. The van der Waals surface area contributed by atoms with Crippen LogP contribution in [0.2, 0.25) is 5.15 Å². The van der Waals surface area contributed by atoms with Crippen molar-refractivity contribution >= 4 is 21.6 Å². The number of aromatic nitrogens is 2. The number of nitrogens with zero attached hydrogens (tertiary/aromatic N) is 3. The molecule has 1 unspecified atom stereocenters. The van der Waals surface area contributed by atoms with Gasteiger partial charge in [-0.05, 0) is 25.2 Å². The van der Waals surface area contributed by atoms with Gasteiger partial charge in [-0.1, -0.05) is 11.6 Å². The Morgan fingerprint density at radius 1 is 1.57 bits per heavy atom. The molecule has 8 heteroatoms. The van der Waals surface area contributed by atoms with Crippen molar-refractivity contribution in [2.75, 3.05) is 26.0 Å². The average Bonchev–Trinajstić information content (AvgIpc) is 2.78. The van der Waals surface area contributed by atoms with Gasteiger partial charge in [-0.15, -0.1) is 0 Å². The van der Waals surface area contributed by atoms with Crippen LogP contribution in [0.5, 0.6) is 0 Å². The van der Waals surface area contributed by atoms with Gasteiger partial charge < -0.3 is 9.30 Å². The predicted octanol–water partition coefficient (Wildman–Crippen LogP) is 1.65. The molecule has 1 aromatic heterocycles. The zero-order chi connectivity index (χ0) is 15.5. The summed E-state index contributed by atoms with van der Waals surface area (Å²) in [4.78, 5) is 4.12. The van der Waals surface area contributed by atoms with Gasteiger partial charge in [-0.2, -0.15) is 4.31 Å². The van der Waals surface area contributed by atoms with E-state index in [-0.39, 0.29) is 12.3 Å². The molecule has 21 heavy (non-hydrogen) atoms. The third-order valence-electron chi connectivity index (χ3n) is 3.91. The number of halogens is 1. The van der Waals surface area contributed by atoms with Gasteiger partial charge in [0, 0.05) is 27.3 Å². The summed E-state index contributed by atoms with van der Waals surface area (Å²) in [5, 5.41) is 0.496. The quantitative estimate of drug-likeness (QED) is 0.793. The Kier molecular flexibility index (Phi) is 5.65. The van der Waals surface area contributed by atoms with E-state index in [1.807, 2.05) is 0 Å². The molecular weight excluding hydrogens is 314 g/mol. The van der Waals surface area contributed by atoms with E-state index in [1.54, 1.807) is 18.7 Å². The van der Waals surface area contributed by atoms with Gasteiger partial charge in [0.15, 0.2) is 0 Å². The van der Waals surface area contributed by atoms with Crippen LogP contribution in [0.4, 0.5) is 0 Å². The van der Waals surface area contributed by atoms with Crippen LogP contribution in [0.1, 0.15) is 25.1 Å². The van der Waals surface area contributed by atoms with Gasteiger partial charge >= 0.3 is 0 Å². The molecule has 6 nitrogen and oxygen atoms in total. The molecule has 0 saturated carbocycles. The van der Waals surface area contributed by atoms with E-state index >= 15 is 0 Å². The van der Waals surface area contributed by atoms with Gasteiger partial charge in [-0.25, -0.2) is 13.4 Å². The topological polar surface area (TPSA) is 64.4 Å². The Labute approximate surface area is 131 Å². The van der Waals surface area contributed by atoms with Crippen LogP contribution < -0.4 is 0 Å². The van der Waals surface area contributed by atoms with Crippen molar-refractivity contribution in [3.63, 3.8) is 0 Å². The van der Waals surface area contributed by atoms with Gasteiger partial charge in [0.1, 0.15) is 11.0 Å². The highest BCUT2D eigenvalue weighted by Gasteiger charge is 2.23. The fourth-order valence-electron chi connectivity index (χ4n) is 2.38. The summed E-state index contributed by atoms with van der Waals surface area (Å²) in [6.07, 6.45) is 4.24. The molecule has 1 aliphatic rings. The first-order valence-corrected chi connectivity index (χ1v) is 9.06. The second-order valence-electron chi connectivity index (χ2n) is 5.50. The number of hydrogen-bond donors (Lipinski definition) is 0. The lowest BCUT2D eigenvalue weighted by Gasteiger charge is -2.23. The van der Waals surface area contributed by atoms with Crippen LogP contribution in [-0.4, -0.2) is 48.3 Å². The first-order chi connectivity index (χ1) is 9.90. The maximum atomic E-state index is 12.3. The van der Waals surface area contributed by atoms with Crippen molar-refractivity contribution in [3.05, 3.63) is 17.2 Å². The molecule has 2 rings (SSSR count). The standard InChI is InChI=1S/C13H22ClN3O3S/c1-16(9-13-15-8-12(14)17(13)2)21(18,19)7-5-11-4-3-6-20-10-11/h8,11H,3-7,9-10H2,1-2H3. The van der Waals surface area contributed by atoms with Crippen LogP contribution in [-0.2, 0) is 28.4 Å². The van der Waals surface area contributed by atoms with Crippen LogP contribution in [0.25, 0.3) is 0 Å². The van der Waals surface area contributed by atoms with E-state index in [2.05, 4.69) is 4.98 Å². The normalized spacial score (nSPS) is 20.1. The fraction of sp³-hybridized carbons (Fsp3) is 0.769. The van der Waals surface area contributed by atoms with Crippen LogP contribution >= 0.6 is 11.6 Å². The van der Waals surface area contributed by atoms with E-state index in [9.17, 15) is 8.42 Å². The molecular formula is C13H22ClN3O3S. The Morgan fingerprint density at radius 3 is 2.90 bits per heavy atom. The van der Waals surface area contributed by atoms with Crippen molar-refractivity contribution in [2.45, 2.75) is 25.8 Å². The Balaban J connectivity index is 1.90. The lowest BCUT2D eigenvalue weighted by molar-refractivity contribution is 0.0537. The van der Waals surface area contributed by atoms with E-state index in [1.165, 1.54) is 10.5 Å². The van der Waals surface area contributed by atoms with Crippen molar-refractivity contribution in [2.24, 2.45) is 13.0 Å². The van der Waals surface area contributed by atoms with E-state index in [0.717, 1.165) is 19.4 Å². The lowest BCUT2D eigenvalue weighted by Crippen LogP contribution is -2.31. The lowest BCUT2D eigenvalue weighted by atomic mass is 10.00. The van der Waals surface area contributed by atoms with Crippen molar-refractivity contribution < 1.29 is 13.2 Å². The minimum Gasteiger partial charge on any atom is -0.381 e. The molecule has 1 fully saturated rings. The molecule has 0 aliphatic carbocycles. The highest BCUT2D eigenvalue weighted by Crippen LogP contribution is 2.19. The van der Waals surface area contributed by atoms with E-state index < -0.39 is 10.0 Å². The Morgan fingerprint density at radius 2 is 2.33 bits per heavy atom. The van der Waals surface area contributed by atoms with E-state index in [0.29, 0.717) is 29.9 Å². The molecule has 0 N–H and O–H groups in total. The molecule has 0 spiro atoms. The van der Waals surface area contributed by atoms with Gasteiger partial charge in [0.2, 0.25) is 10.0 Å². The summed E-state index contributed by atoms with van der Waals surface area (Å²) in [7, 11) is 0.0630. The summed E-state index contributed by atoms with van der Waals surface area (Å²) >= 11 is 5.91. The minimum atomic E-state index is -3.28. The smallest absolute Gasteiger partial charge is 0.214 e. The summed E-state index contributed by atoms with van der Waals surface area (Å²) in [5.41, 5.74) is 0. The van der Waals surface area contributed by atoms with Crippen molar-refractivity contribution in [1.29, 1.82) is 0 Å². The second-order valence-corrected chi connectivity index (χ2v) is 8.08. The molecule has 120 valence electrons. The van der Waals surface area contributed by atoms with Gasteiger partial charge in [0.25, 0.3) is 0 Å². The van der Waals surface area contributed by atoms with Crippen molar-refractivity contribution in [1.82, 2.24) is 13.9 Å². The summed E-state index contributed by atoms with van der Waals surface area (Å²) in [6.45, 7) is 1.70. The number of imidazole rings is 1. The molecule has 1 saturated heterocycles. The van der Waals surface area contributed by atoms with Gasteiger partial charge in [-0.3, -0.25) is 0 Å². The number of rotatable bonds is 6. The first-order valence-electron chi connectivity index (χ1n) is 7.08. The zero-order valence-corrected chi connectivity index (χ0v) is 14.0. The maximum Gasteiger partial charge on any atom is 0.214 e. The maximum absolute atomic E-state index is 12.3. The summed E-state index contributed by atoms with van der Waals surface area (Å²) in [6, 6.07) is 0. The second kappa shape index (κ2) is 7.09. The van der Waals surface area contributed by atoms with Crippen LogP contribution in [0.3, 0.4) is 0 Å². The molecule has 0 amide bonds. The highest BCUT2D eigenvalue weighted by atomic mass is 35.5. The van der Waals surface area contributed by atoms with Crippen LogP contribution in [0.15, 0.2) is 6.20 Å². The third-order valence-corrected chi connectivity index (χ3v) is 6.09. The zero-order valence-electron chi connectivity index (χ0n) is 12.5. The first kappa shape index (κ1) is 16.7. The van der Waals surface area contributed by atoms with Gasteiger partial charge in [0.05, 0.1) is 18.5 Å². The average molecular weight is 336 g/mol. The Hall–Kier alpha value is -0.630. The number of sulfonamides is 1. The molecule has 0 bridgehead atoms. The number of ether oxygens (including phenoxy) is 1.